The number of nitrogens with one attached hydrogen (secondary N) is 2. The van der Waals surface area contributed by atoms with Crippen molar-refractivity contribution in [1.82, 2.24) is 10.2 Å². The Hall–Kier alpha value is -3.08. The van der Waals surface area contributed by atoms with Gasteiger partial charge in [-0.2, -0.15) is 5.10 Å². The van der Waals surface area contributed by atoms with E-state index in [4.69, 9.17) is 5.73 Å². The molecule has 0 radical (unpaired) electrons. The number of rotatable bonds is 1. The molecule has 102 valence electrons. The minimum Gasteiger partial charge on any atom is -0.397 e. The highest BCUT2D eigenvalue weighted by Gasteiger charge is 2.25. The molecule has 0 saturated heterocycles. The lowest BCUT2D eigenvalue weighted by atomic mass is 10.0. The van der Waals surface area contributed by atoms with Gasteiger partial charge in [-0.15, -0.1) is 0 Å². The Balaban J connectivity index is 1.86. The molecule has 0 saturated carbocycles. The number of para-hydroxylation sites is 1. The van der Waals surface area contributed by atoms with E-state index in [1.54, 1.807) is 12.3 Å². The van der Waals surface area contributed by atoms with Crippen molar-refractivity contribution >= 4 is 39.8 Å². The monoisotopic (exact) mass is 276 g/mol. The lowest BCUT2D eigenvalue weighted by molar-refractivity contribution is -0.110. The zero-order valence-corrected chi connectivity index (χ0v) is 11.1. The summed E-state index contributed by atoms with van der Waals surface area (Å²) in [6.07, 6.45) is 3.63. The number of fused-ring (bicyclic) bond motifs is 2. The van der Waals surface area contributed by atoms with Gasteiger partial charge in [0, 0.05) is 16.5 Å². The van der Waals surface area contributed by atoms with Crippen LogP contribution in [0, 0.1) is 0 Å². The van der Waals surface area contributed by atoms with Crippen LogP contribution in [0.4, 0.5) is 11.4 Å². The summed E-state index contributed by atoms with van der Waals surface area (Å²) in [5, 5.41) is 10.8. The Morgan fingerprint density at radius 3 is 3.00 bits per heavy atom. The molecule has 2 heterocycles. The molecule has 3 aromatic rings. The van der Waals surface area contributed by atoms with Crippen LogP contribution in [-0.2, 0) is 4.79 Å². The van der Waals surface area contributed by atoms with Crippen LogP contribution in [0.3, 0.4) is 0 Å². The maximum Gasteiger partial charge on any atom is 0.256 e. The Morgan fingerprint density at radius 2 is 2.10 bits per heavy atom. The predicted octanol–water partition coefficient (Wildman–Crippen LogP) is 2.64. The SMILES string of the molecule is Nc1cccc2c1NC(=O)C2=Cc1ccc2cn[nH]c2c1. The number of carbonyl (C=O) groups is 1. The molecule has 4 rings (SSSR count). The van der Waals surface area contributed by atoms with E-state index in [1.165, 1.54) is 0 Å². The van der Waals surface area contributed by atoms with Crippen LogP contribution in [0.15, 0.2) is 42.6 Å². The van der Waals surface area contributed by atoms with E-state index in [-0.39, 0.29) is 5.91 Å². The van der Waals surface area contributed by atoms with Crippen LogP contribution >= 0.6 is 0 Å². The van der Waals surface area contributed by atoms with E-state index in [2.05, 4.69) is 15.5 Å². The number of nitrogens with two attached hydrogens (primary N) is 1. The summed E-state index contributed by atoms with van der Waals surface area (Å²) in [7, 11) is 0. The summed E-state index contributed by atoms with van der Waals surface area (Å²) in [4.78, 5) is 12.1. The minimum atomic E-state index is -0.132. The zero-order valence-electron chi connectivity index (χ0n) is 11.1. The van der Waals surface area contributed by atoms with Crippen LogP contribution in [0.2, 0.25) is 0 Å². The fourth-order valence-electron chi connectivity index (χ4n) is 2.59. The van der Waals surface area contributed by atoms with Crippen molar-refractivity contribution < 1.29 is 4.79 Å². The largest absolute Gasteiger partial charge is 0.397 e. The van der Waals surface area contributed by atoms with Crippen LogP contribution in [-0.4, -0.2) is 16.1 Å². The van der Waals surface area contributed by atoms with Crippen molar-refractivity contribution in [3.8, 4) is 0 Å². The molecule has 1 aliphatic rings. The number of carbonyl (C=O) groups excluding carboxylic acids is 1. The molecule has 1 amide bonds. The number of nitrogens with zero attached hydrogens (tertiary/aromatic N) is 1. The number of amides is 1. The molecular weight excluding hydrogens is 264 g/mol. The van der Waals surface area contributed by atoms with Gasteiger partial charge in [-0.25, -0.2) is 0 Å². The number of benzene rings is 2. The zero-order chi connectivity index (χ0) is 14.4. The second-order valence-corrected chi connectivity index (χ2v) is 5.00. The molecule has 0 fully saturated rings. The number of hydrogen-bond acceptors (Lipinski definition) is 3. The number of anilines is 2. The number of hydrogen-bond donors (Lipinski definition) is 3. The molecule has 0 bridgehead atoms. The number of aromatic amines is 1. The first-order chi connectivity index (χ1) is 10.2. The van der Waals surface area contributed by atoms with Gasteiger partial charge in [-0.3, -0.25) is 9.89 Å². The summed E-state index contributed by atoms with van der Waals surface area (Å²) in [6.45, 7) is 0. The lowest BCUT2D eigenvalue weighted by Crippen LogP contribution is -2.04. The van der Waals surface area contributed by atoms with Gasteiger partial charge in [-0.05, 0) is 23.8 Å². The van der Waals surface area contributed by atoms with E-state index in [0.717, 1.165) is 22.0 Å². The van der Waals surface area contributed by atoms with Crippen molar-refractivity contribution in [3.05, 3.63) is 53.7 Å². The topological polar surface area (TPSA) is 83.8 Å². The molecule has 1 aromatic heterocycles. The molecule has 0 atom stereocenters. The normalized spacial score (nSPS) is 15.4. The molecule has 0 unspecified atom stereocenters. The fraction of sp³-hybridized carbons (Fsp3) is 0. The summed E-state index contributed by atoms with van der Waals surface area (Å²) < 4.78 is 0. The number of H-pyrrole nitrogens is 1. The Kier molecular flexibility index (Phi) is 2.35. The smallest absolute Gasteiger partial charge is 0.256 e. The quantitative estimate of drug-likeness (QED) is 0.472. The summed E-state index contributed by atoms with van der Waals surface area (Å²) in [6, 6.07) is 11.4. The van der Waals surface area contributed by atoms with Crippen LogP contribution < -0.4 is 11.1 Å². The predicted molar refractivity (Wildman–Crippen MR) is 83.4 cm³/mol. The van der Waals surface area contributed by atoms with Crippen molar-refractivity contribution in [2.75, 3.05) is 11.1 Å². The van der Waals surface area contributed by atoms with Gasteiger partial charge < -0.3 is 11.1 Å². The highest BCUT2D eigenvalue weighted by molar-refractivity contribution is 6.35. The molecule has 4 N–H and O–H groups in total. The van der Waals surface area contributed by atoms with E-state index in [9.17, 15) is 4.79 Å². The van der Waals surface area contributed by atoms with Gasteiger partial charge in [0.05, 0.1) is 23.1 Å². The Bertz CT molecular complexity index is 908. The summed E-state index contributed by atoms with van der Waals surface area (Å²) >= 11 is 0. The van der Waals surface area contributed by atoms with E-state index in [1.807, 2.05) is 36.4 Å². The van der Waals surface area contributed by atoms with Crippen LogP contribution in [0.1, 0.15) is 11.1 Å². The van der Waals surface area contributed by atoms with Gasteiger partial charge in [0.1, 0.15) is 0 Å². The Labute approximate surface area is 120 Å². The van der Waals surface area contributed by atoms with E-state index >= 15 is 0 Å². The first-order valence-corrected chi connectivity index (χ1v) is 6.57. The van der Waals surface area contributed by atoms with Gasteiger partial charge >= 0.3 is 0 Å². The van der Waals surface area contributed by atoms with E-state index in [0.29, 0.717) is 16.9 Å². The third kappa shape index (κ3) is 1.79. The van der Waals surface area contributed by atoms with Crippen molar-refractivity contribution in [2.24, 2.45) is 0 Å². The molecule has 0 aliphatic carbocycles. The third-order valence-electron chi connectivity index (χ3n) is 3.65. The lowest BCUT2D eigenvalue weighted by Gasteiger charge is -2.01. The fourth-order valence-corrected chi connectivity index (χ4v) is 2.59. The average molecular weight is 276 g/mol. The summed E-state index contributed by atoms with van der Waals surface area (Å²) in [5.74, 6) is -0.132. The molecule has 21 heavy (non-hydrogen) atoms. The second-order valence-electron chi connectivity index (χ2n) is 5.00. The van der Waals surface area contributed by atoms with Crippen molar-refractivity contribution in [2.45, 2.75) is 0 Å². The molecule has 2 aromatic carbocycles. The minimum absolute atomic E-state index is 0.132. The highest BCUT2D eigenvalue weighted by atomic mass is 16.2. The molecule has 0 spiro atoms. The van der Waals surface area contributed by atoms with Crippen LogP contribution in [0.25, 0.3) is 22.6 Å². The van der Waals surface area contributed by atoms with Crippen molar-refractivity contribution in [1.29, 1.82) is 0 Å². The van der Waals surface area contributed by atoms with Gasteiger partial charge in [0.2, 0.25) is 0 Å². The first-order valence-electron chi connectivity index (χ1n) is 6.57. The maximum absolute atomic E-state index is 12.1. The Morgan fingerprint density at radius 1 is 1.19 bits per heavy atom. The number of nitrogen functional groups attached to an aromatic ring is 1. The third-order valence-corrected chi connectivity index (χ3v) is 3.65. The number of aromatic nitrogens is 2. The standard InChI is InChI=1S/C16H12N4O/c17-13-3-1-2-11-12(16(21)19-15(11)13)6-9-4-5-10-8-18-20-14(10)7-9/h1-8H,17H2,(H,18,20)(H,19,21). The van der Waals surface area contributed by atoms with Crippen LogP contribution in [0.5, 0.6) is 0 Å². The second kappa shape index (κ2) is 4.21. The van der Waals surface area contributed by atoms with Gasteiger partial charge in [0.15, 0.2) is 0 Å². The van der Waals surface area contributed by atoms with E-state index < -0.39 is 0 Å². The first kappa shape index (κ1) is 11.7. The highest BCUT2D eigenvalue weighted by Crippen LogP contribution is 2.37. The summed E-state index contributed by atoms with van der Waals surface area (Å²) in [5.41, 5.74) is 10.5. The molecule has 1 aliphatic heterocycles. The van der Waals surface area contributed by atoms with Crippen molar-refractivity contribution in [3.63, 3.8) is 0 Å². The van der Waals surface area contributed by atoms with Gasteiger partial charge in [-0.1, -0.05) is 24.3 Å². The molecule has 5 nitrogen and oxygen atoms in total. The van der Waals surface area contributed by atoms with Gasteiger partial charge in [0.25, 0.3) is 5.91 Å². The average Bonchev–Trinajstić information content (AvgIpc) is 3.05. The molecular formula is C16H12N4O. The molecule has 5 heteroatoms. The maximum atomic E-state index is 12.1.